The standard InChI is InChI=1S/C7H5BrFNO2/c8-4-1-2-5(10-3-4)6(9)7(11)12/h1-3,6H,(H,11,12). The molecule has 64 valence electrons. The number of pyridine rings is 1. The van der Waals surface area contributed by atoms with Crippen LogP contribution in [0.4, 0.5) is 4.39 Å². The van der Waals surface area contributed by atoms with E-state index >= 15 is 0 Å². The first-order valence-electron chi connectivity index (χ1n) is 3.09. The lowest BCUT2D eigenvalue weighted by Crippen LogP contribution is -2.07. The van der Waals surface area contributed by atoms with E-state index in [-0.39, 0.29) is 5.69 Å². The zero-order chi connectivity index (χ0) is 9.14. The van der Waals surface area contributed by atoms with Crippen LogP contribution < -0.4 is 0 Å². The third kappa shape index (κ3) is 2.01. The van der Waals surface area contributed by atoms with Gasteiger partial charge in [-0.2, -0.15) is 0 Å². The van der Waals surface area contributed by atoms with Gasteiger partial charge in [-0.25, -0.2) is 9.18 Å². The van der Waals surface area contributed by atoms with E-state index in [0.29, 0.717) is 4.47 Å². The van der Waals surface area contributed by atoms with E-state index in [1.54, 1.807) is 0 Å². The van der Waals surface area contributed by atoms with Gasteiger partial charge in [0.15, 0.2) is 0 Å². The molecule has 0 fully saturated rings. The second-order valence-corrected chi connectivity index (χ2v) is 3.02. The predicted octanol–water partition coefficient (Wildman–Crippen LogP) is 1.94. The van der Waals surface area contributed by atoms with Gasteiger partial charge in [0.1, 0.15) is 0 Å². The van der Waals surface area contributed by atoms with Crippen molar-refractivity contribution in [2.24, 2.45) is 0 Å². The fraction of sp³-hybridized carbons (Fsp3) is 0.143. The van der Waals surface area contributed by atoms with Crippen molar-refractivity contribution in [1.82, 2.24) is 4.98 Å². The molecule has 0 spiro atoms. The van der Waals surface area contributed by atoms with Gasteiger partial charge in [-0.1, -0.05) is 0 Å². The molecule has 0 amide bonds. The van der Waals surface area contributed by atoms with Gasteiger partial charge >= 0.3 is 5.97 Å². The molecule has 1 rings (SSSR count). The van der Waals surface area contributed by atoms with Crippen molar-refractivity contribution in [3.63, 3.8) is 0 Å². The topological polar surface area (TPSA) is 50.2 Å². The van der Waals surface area contributed by atoms with Crippen LogP contribution in [-0.2, 0) is 4.79 Å². The Hall–Kier alpha value is -0.970. The summed E-state index contributed by atoms with van der Waals surface area (Å²) < 4.78 is 13.4. The van der Waals surface area contributed by atoms with Gasteiger partial charge in [-0.3, -0.25) is 4.98 Å². The van der Waals surface area contributed by atoms with Gasteiger partial charge in [0.05, 0.1) is 5.69 Å². The van der Waals surface area contributed by atoms with Gasteiger partial charge in [-0.05, 0) is 28.1 Å². The van der Waals surface area contributed by atoms with Gasteiger partial charge in [0.25, 0.3) is 0 Å². The zero-order valence-corrected chi connectivity index (χ0v) is 7.45. The summed E-state index contributed by atoms with van der Waals surface area (Å²) >= 11 is 3.10. The summed E-state index contributed by atoms with van der Waals surface area (Å²) in [5, 5.41) is 8.28. The first kappa shape index (κ1) is 9.12. The van der Waals surface area contributed by atoms with Crippen molar-refractivity contribution in [2.75, 3.05) is 0 Å². The van der Waals surface area contributed by atoms with Gasteiger partial charge in [-0.15, -0.1) is 0 Å². The molecule has 0 aliphatic carbocycles. The fourth-order valence-corrected chi connectivity index (χ4v) is 0.898. The van der Waals surface area contributed by atoms with Crippen LogP contribution in [0.2, 0.25) is 0 Å². The van der Waals surface area contributed by atoms with Crippen LogP contribution in [0.25, 0.3) is 0 Å². The maximum absolute atomic E-state index is 12.7. The molecule has 0 saturated heterocycles. The summed E-state index contributed by atoms with van der Waals surface area (Å²) in [6.07, 6.45) is -0.691. The summed E-state index contributed by atoms with van der Waals surface area (Å²) in [6, 6.07) is 2.86. The lowest BCUT2D eigenvalue weighted by Gasteiger charge is -2.00. The largest absolute Gasteiger partial charge is 0.479 e. The number of carboxylic acid groups (broad SMARTS) is 1. The molecule has 1 N–H and O–H groups in total. The van der Waals surface area contributed by atoms with Gasteiger partial charge in [0, 0.05) is 10.7 Å². The number of aliphatic carboxylic acids is 1. The summed E-state index contributed by atoms with van der Waals surface area (Å²) in [4.78, 5) is 13.8. The number of nitrogens with zero attached hydrogens (tertiary/aromatic N) is 1. The van der Waals surface area contributed by atoms with Crippen LogP contribution in [0, 0.1) is 0 Å². The van der Waals surface area contributed by atoms with Crippen LogP contribution in [0.3, 0.4) is 0 Å². The normalized spacial score (nSPS) is 12.5. The number of hydrogen-bond donors (Lipinski definition) is 1. The minimum atomic E-state index is -2.04. The number of hydrogen-bond acceptors (Lipinski definition) is 2. The van der Waals surface area contributed by atoms with E-state index in [1.165, 1.54) is 18.3 Å². The SMILES string of the molecule is O=C(O)C(F)c1ccc(Br)cn1. The molecule has 0 radical (unpaired) electrons. The number of aromatic nitrogens is 1. The fourth-order valence-electron chi connectivity index (χ4n) is 0.664. The molecule has 0 aliphatic heterocycles. The molecular formula is C7H5BrFNO2. The third-order valence-electron chi connectivity index (χ3n) is 1.23. The molecule has 0 aliphatic rings. The Morgan fingerprint density at radius 1 is 1.67 bits per heavy atom. The Morgan fingerprint density at radius 2 is 2.33 bits per heavy atom. The number of rotatable bonds is 2. The summed E-state index contributed by atoms with van der Waals surface area (Å²) in [5.74, 6) is -1.52. The van der Waals surface area contributed by atoms with Crippen LogP contribution >= 0.6 is 15.9 Å². The quantitative estimate of drug-likeness (QED) is 0.850. The molecule has 1 heterocycles. The monoisotopic (exact) mass is 233 g/mol. The average molecular weight is 234 g/mol. The third-order valence-corrected chi connectivity index (χ3v) is 1.70. The lowest BCUT2D eigenvalue weighted by molar-refractivity contribution is -0.143. The van der Waals surface area contributed by atoms with Crippen LogP contribution in [0.5, 0.6) is 0 Å². The Balaban J connectivity index is 2.89. The van der Waals surface area contributed by atoms with E-state index in [1.807, 2.05) is 0 Å². The molecule has 1 unspecified atom stereocenters. The van der Waals surface area contributed by atoms with Crippen molar-refractivity contribution in [1.29, 1.82) is 0 Å². The maximum atomic E-state index is 12.7. The minimum Gasteiger partial charge on any atom is -0.479 e. The van der Waals surface area contributed by atoms with E-state index < -0.39 is 12.1 Å². The zero-order valence-electron chi connectivity index (χ0n) is 5.87. The van der Waals surface area contributed by atoms with Crippen molar-refractivity contribution in [3.8, 4) is 0 Å². The highest BCUT2D eigenvalue weighted by Gasteiger charge is 2.19. The van der Waals surface area contributed by atoms with E-state index in [9.17, 15) is 9.18 Å². The predicted molar refractivity (Wildman–Crippen MR) is 43.4 cm³/mol. The van der Waals surface area contributed by atoms with E-state index in [0.717, 1.165) is 0 Å². The molecule has 1 aromatic heterocycles. The maximum Gasteiger partial charge on any atom is 0.344 e. The molecule has 0 bridgehead atoms. The Labute approximate surface area is 76.4 Å². The second-order valence-electron chi connectivity index (χ2n) is 2.10. The highest BCUT2D eigenvalue weighted by molar-refractivity contribution is 9.10. The Kier molecular flexibility index (Phi) is 2.75. The molecule has 0 aromatic carbocycles. The van der Waals surface area contributed by atoms with Crippen LogP contribution in [-0.4, -0.2) is 16.1 Å². The Morgan fingerprint density at radius 3 is 2.75 bits per heavy atom. The first-order valence-corrected chi connectivity index (χ1v) is 3.89. The highest BCUT2D eigenvalue weighted by Crippen LogP contribution is 2.16. The number of carboxylic acids is 1. The van der Waals surface area contributed by atoms with Gasteiger partial charge in [0.2, 0.25) is 6.17 Å². The summed E-state index contributed by atoms with van der Waals surface area (Å²) in [6.45, 7) is 0. The number of halogens is 2. The van der Waals surface area contributed by atoms with E-state index in [2.05, 4.69) is 20.9 Å². The first-order chi connectivity index (χ1) is 5.61. The molecular weight excluding hydrogens is 229 g/mol. The summed E-state index contributed by atoms with van der Waals surface area (Å²) in [5.41, 5.74) is -0.0919. The smallest absolute Gasteiger partial charge is 0.344 e. The van der Waals surface area contributed by atoms with Crippen molar-refractivity contribution >= 4 is 21.9 Å². The lowest BCUT2D eigenvalue weighted by atomic mass is 10.2. The molecule has 1 atom stereocenters. The van der Waals surface area contributed by atoms with Crippen molar-refractivity contribution < 1.29 is 14.3 Å². The van der Waals surface area contributed by atoms with Crippen LogP contribution in [0.1, 0.15) is 11.9 Å². The van der Waals surface area contributed by atoms with Crippen molar-refractivity contribution in [3.05, 3.63) is 28.5 Å². The van der Waals surface area contributed by atoms with Crippen molar-refractivity contribution in [2.45, 2.75) is 6.17 Å². The number of alkyl halides is 1. The summed E-state index contributed by atoms with van der Waals surface area (Å²) in [7, 11) is 0. The molecule has 0 saturated carbocycles. The van der Waals surface area contributed by atoms with Gasteiger partial charge < -0.3 is 5.11 Å². The minimum absolute atomic E-state index is 0.0919. The highest BCUT2D eigenvalue weighted by atomic mass is 79.9. The molecule has 1 aromatic rings. The van der Waals surface area contributed by atoms with E-state index in [4.69, 9.17) is 5.11 Å². The Bertz CT molecular complexity index is 288. The second kappa shape index (κ2) is 3.62. The number of carbonyl (C=O) groups is 1. The molecule has 12 heavy (non-hydrogen) atoms. The molecule has 3 nitrogen and oxygen atoms in total. The van der Waals surface area contributed by atoms with Crippen LogP contribution in [0.15, 0.2) is 22.8 Å². The average Bonchev–Trinajstić information content (AvgIpc) is 2.04. The molecule has 5 heteroatoms.